The topological polar surface area (TPSA) is 98.5 Å². The Labute approximate surface area is 215 Å². The van der Waals surface area contributed by atoms with E-state index in [1.54, 1.807) is 43.6 Å². The Kier molecular flexibility index (Phi) is 5.81. The second-order valence-electron chi connectivity index (χ2n) is 9.16. The molecule has 1 unspecified atom stereocenters. The van der Waals surface area contributed by atoms with Crippen LogP contribution in [0.5, 0.6) is 17.5 Å². The van der Waals surface area contributed by atoms with Crippen LogP contribution in [0.15, 0.2) is 53.9 Å². The van der Waals surface area contributed by atoms with Crippen LogP contribution in [0, 0.1) is 0 Å². The molecular weight excluding hydrogens is 499 g/mol. The van der Waals surface area contributed by atoms with E-state index in [1.165, 1.54) is 18.3 Å². The smallest absolute Gasteiger partial charge is 0.412 e. The van der Waals surface area contributed by atoms with E-state index < -0.39 is 12.2 Å². The van der Waals surface area contributed by atoms with Gasteiger partial charge in [-0.1, -0.05) is 0 Å². The lowest BCUT2D eigenvalue weighted by Crippen LogP contribution is -2.32. The number of rotatable bonds is 6. The van der Waals surface area contributed by atoms with Gasteiger partial charge in [0.15, 0.2) is 17.4 Å². The van der Waals surface area contributed by atoms with Crippen LogP contribution < -0.4 is 9.47 Å². The number of aromatic nitrogens is 5. The summed E-state index contributed by atoms with van der Waals surface area (Å²) in [7, 11) is 3.12. The molecule has 2 aliphatic rings. The van der Waals surface area contributed by atoms with E-state index in [2.05, 4.69) is 24.9 Å². The van der Waals surface area contributed by atoms with Crippen molar-refractivity contribution in [3.05, 3.63) is 60.2 Å². The molecule has 4 aromatic rings. The fourth-order valence-corrected chi connectivity index (χ4v) is 4.42. The number of amidine groups is 1. The highest BCUT2D eigenvalue weighted by Crippen LogP contribution is 2.45. The van der Waals surface area contributed by atoms with Crippen molar-refractivity contribution in [2.45, 2.75) is 31.0 Å². The second-order valence-corrected chi connectivity index (χ2v) is 9.16. The minimum absolute atomic E-state index is 0.214. The highest BCUT2D eigenvalue weighted by Gasteiger charge is 2.44. The monoisotopic (exact) mass is 521 g/mol. The molecule has 1 aliphatic carbocycles. The minimum atomic E-state index is -4.39. The fraction of sp³-hybridized carbons (Fsp3) is 0.308. The zero-order valence-electron chi connectivity index (χ0n) is 20.5. The average Bonchev–Trinajstić information content (AvgIpc) is 3.68. The number of pyridine rings is 1. The lowest BCUT2D eigenvalue weighted by atomic mass is 10.1. The van der Waals surface area contributed by atoms with Crippen molar-refractivity contribution in [3.63, 3.8) is 0 Å². The number of likely N-dealkylation sites (N-methyl/N-ethyl adjacent to an activating group) is 1. The van der Waals surface area contributed by atoms with Crippen LogP contribution in [0.1, 0.15) is 30.0 Å². The van der Waals surface area contributed by atoms with Gasteiger partial charge < -0.3 is 14.4 Å². The number of benzene rings is 1. The number of methoxy groups -OCH3 is 1. The lowest BCUT2D eigenvalue weighted by Gasteiger charge is -2.16. The van der Waals surface area contributed by atoms with Crippen LogP contribution in [-0.4, -0.2) is 68.6 Å². The Morgan fingerprint density at radius 3 is 2.45 bits per heavy atom. The van der Waals surface area contributed by atoms with Gasteiger partial charge in [-0.05, 0) is 49.2 Å². The molecule has 1 aromatic carbocycles. The van der Waals surface area contributed by atoms with Crippen molar-refractivity contribution in [1.29, 1.82) is 0 Å². The van der Waals surface area contributed by atoms with E-state index in [0.29, 0.717) is 45.5 Å². The van der Waals surface area contributed by atoms with Crippen LogP contribution in [0.25, 0.3) is 22.4 Å². The molecule has 0 N–H and O–H groups in total. The van der Waals surface area contributed by atoms with Crippen LogP contribution in [0.2, 0.25) is 0 Å². The highest BCUT2D eigenvalue weighted by atomic mass is 19.4. The molecule has 0 bridgehead atoms. The number of alkyl halides is 3. The van der Waals surface area contributed by atoms with Gasteiger partial charge in [0.2, 0.25) is 11.8 Å². The molecule has 0 radical (unpaired) electrons. The van der Waals surface area contributed by atoms with Gasteiger partial charge >= 0.3 is 6.18 Å². The van der Waals surface area contributed by atoms with Gasteiger partial charge in [-0.2, -0.15) is 18.2 Å². The Balaban J connectivity index is 1.36. The van der Waals surface area contributed by atoms with Gasteiger partial charge in [-0.15, -0.1) is 0 Å². The predicted octanol–water partition coefficient (Wildman–Crippen LogP) is 4.78. The van der Waals surface area contributed by atoms with Crippen LogP contribution >= 0.6 is 0 Å². The summed E-state index contributed by atoms with van der Waals surface area (Å²) in [4.78, 5) is 27.9. The molecular formula is C26H22F3N7O2. The standard InChI is InChI=1S/C26H22F3N7O2/c1-36-12-18(26(27,28)29)34-23(36)15-7-9-16(10-8-15)38-25-21-17(4-3-11-30-21)33-22(35-25)19-20(14-5-6-14)31-13-32-24(19)37-2/h3-4,7-11,13-14,18H,5-6,12H2,1-2H3. The molecule has 6 rings (SSSR count). The molecule has 0 amide bonds. The molecule has 1 atom stereocenters. The first kappa shape index (κ1) is 24.0. The average molecular weight is 522 g/mol. The first-order chi connectivity index (χ1) is 18.3. The van der Waals surface area contributed by atoms with Gasteiger partial charge in [0.05, 0.1) is 24.9 Å². The number of hydrogen-bond donors (Lipinski definition) is 0. The summed E-state index contributed by atoms with van der Waals surface area (Å²) in [6.07, 6.45) is 0.739. The molecule has 1 saturated carbocycles. The van der Waals surface area contributed by atoms with Gasteiger partial charge in [0.25, 0.3) is 0 Å². The van der Waals surface area contributed by atoms with E-state index in [0.717, 1.165) is 18.5 Å². The molecule has 0 saturated heterocycles. The SMILES string of the molecule is COc1ncnc(C2CC2)c1-c1nc(Oc2ccc(C3=NC(C(F)(F)F)CN3C)cc2)c2ncccc2n1. The first-order valence-electron chi connectivity index (χ1n) is 12.0. The number of aliphatic imine (C=N–C) groups is 1. The number of halogens is 3. The minimum Gasteiger partial charge on any atom is -0.480 e. The normalized spacial score (nSPS) is 17.6. The van der Waals surface area contributed by atoms with E-state index in [-0.39, 0.29) is 18.3 Å². The molecule has 3 aromatic heterocycles. The van der Waals surface area contributed by atoms with Crippen LogP contribution in [0.4, 0.5) is 13.2 Å². The summed E-state index contributed by atoms with van der Waals surface area (Å²) in [6, 6.07) is 8.49. The quantitative estimate of drug-likeness (QED) is 0.358. The van der Waals surface area contributed by atoms with Gasteiger partial charge in [-0.3, -0.25) is 4.99 Å². The van der Waals surface area contributed by atoms with Crippen LogP contribution in [0.3, 0.4) is 0 Å². The van der Waals surface area contributed by atoms with E-state index in [1.807, 2.05) is 6.07 Å². The van der Waals surface area contributed by atoms with E-state index >= 15 is 0 Å². The maximum Gasteiger partial charge on any atom is 0.412 e. The zero-order chi connectivity index (χ0) is 26.4. The summed E-state index contributed by atoms with van der Waals surface area (Å²) in [5.74, 6) is 1.95. The van der Waals surface area contributed by atoms with Gasteiger partial charge in [-0.25, -0.2) is 19.9 Å². The molecule has 0 spiro atoms. The summed E-state index contributed by atoms with van der Waals surface area (Å²) >= 11 is 0. The lowest BCUT2D eigenvalue weighted by molar-refractivity contribution is -0.145. The molecule has 194 valence electrons. The van der Waals surface area contributed by atoms with Crippen LogP contribution in [-0.2, 0) is 0 Å². The third kappa shape index (κ3) is 4.46. The largest absolute Gasteiger partial charge is 0.480 e. The van der Waals surface area contributed by atoms with Crippen molar-refractivity contribution in [3.8, 4) is 28.9 Å². The maximum absolute atomic E-state index is 13.1. The summed E-state index contributed by atoms with van der Waals surface area (Å²) in [6.45, 7) is -0.214. The molecule has 4 heterocycles. The number of ether oxygens (including phenoxy) is 2. The Bertz CT molecular complexity index is 1540. The summed E-state index contributed by atoms with van der Waals surface area (Å²) < 4.78 is 51.1. The number of hydrogen-bond acceptors (Lipinski definition) is 9. The molecule has 38 heavy (non-hydrogen) atoms. The molecule has 1 fully saturated rings. The zero-order valence-corrected chi connectivity index (χ0v) is 20.5. The van der Waals surface area contributed by atoms with Crippen molar-refractivity contribution < 1.29 is 22.6 Å². The van der Waals surface area contributed by atoms with Crippen molar-refractivity contribution in [2.75, 3.05) is 20.7 Å². The fourth-order valence-electron chi connectivity index (χ4n) is 4.42. The summed E-state index contributed by atoms with van der Waals surface area (Å²) in [5.41, 5.74) is 3.02. The first-order valence-corrected chi connectivity index (χ1v) is 12.0. The molecule has 12 heteroatoms. The van der Waals surface area contributed by atoms with Gasteiger partial charge in [0, 0.05) is 24.7 Å². The predicted molar refractivity (Wildman–Crippen MR) is 132 cm³/mol. The van der Waals surface area contributed by atoms with Gasteiger partial charge in [0.1, 0.15) is 23.5 Å². The Morgan fingerprint density at radius 1 is 0.974 bits per heavy atom. The number of fused-ring (bicyclic) bond motifs is 1. The number of nitrogens with zero attached hydrogens (tertiary/aromatic N) is 7. The second kappa shape index (κ2) is 9.19. The Morgan fingerprint density at radius 2 is 1.76 bits per heavy atom. The summed E-state index contributed by atoms with van der Waals surface area (Å²) in [5, 5.41) is 0. The third-order valence-electron chi connectivity index (χ3n) is 6.44. The van der Waals surface area contributed by atoms with E-state index in [4.69, 9.17) is 14.5 Å². The molecule has 1 aliphatic heterocycles. The maximum atomic E-state index is 13.1. The highest BCUT2D eigenvalue weighted by molar-refractivity contribution is 6.00. The van der Waals surface area contributed by atoms with E-state index in [9.17, 15) is 13.2 Å². The Hall–Kier alpha value is -4.35. The van der Waals surface area contributed by atoms with Crippen molar-refractivity contribution in [1.82, 2.24) is 29.8 Å². The third-order valence-corrected chi connectivity index (χ3v) is 6.44. The van der Waals surface area contributed by atoms with Crippen molar-refractivity contribution in [2.24, 2.45) is 4.99 Å². The molecule has 9 nitrogen and oxygen atoms in total. The van der Waals surface area contributed by atoms with Crippen molar-refractivity contribution >= 4 is 16.9 Å².